The van der Waals surface area contributed by atoms with E-state index >= 15 is 0 Å². The summed E-state index contributed by atoms with van der Waals surface area (Å²) in [6.45, 7) is 1.71. The number of rotatable bonds is 4. The number of halogens is 6. The van der Waals surface area contributed by atoms with Gasteiger partial charge >= 0.3 is 12.4 Å². The van der Waals surface area contributed by atoms with E-state index in [-0.39, 0.29) is 24.0 Å². The van der Waals surface area contributed by atoms with Gasteiger partial charge in [-0.2, -0.15) is 26.3 Å². The number of benzene rings is 2. The summed E-state index contributed by atoms with van der Waals surface area (Å²) < 4.78 is 84.7. The maximum atomic E-state index is 13.2. The van der Waals surface area contributed by atoms with Gasteiger partial charge in [-0.1, -0.05) is 30.3 Å². The van der Waals surface area contributed by atoms with Crippen LogP contribution < -0.4 is 5.32 Å². The van der Waals surface area contributed by atoms with Crippen LogP contribution in [0.3, 0.4) is 0 Å². The highest BCUT2D eigenvalue weighted by atomic mass is 19.4. The summed E-state index contributed by atoms with van der Waals surface area (Å²) in [5.41, 5.74) is -3.94. The molecule has 0 spiro atoms. The zero-order valence-corrected chi connectivity index (χ0v) is 19.5. The maximum Gasteiger partial charge on any atom is 0.416 e. The fourth-order valence-electron chi connectivity index (χ4n) is 4.53. The maximum absolute atomic E-state index is 13.2. The van der Waals surface area contributed by atoms with Gasteiger partial charge < -0.3 is 15.0 Å². The third-order valence-corrected chi connectivity index (χ3v) is 6.47. The molecule has 37 heavy (non-hydrogen) atoms. The van der Waals surface area contributed by atoms with Gasteiger partial charge in [-0.25, -0.2) is 0 Å². The lowest BCUT2D eigenvalue weighted by molar-refractivity contribution is -0.143. The molecule has 1 N–H and O–H groups in total. The van der Waals surface area contributed by atoms with Crippen LogP contribution in [-0.4, -0.2) is 29.3 Å². The fraction of sp³-hybridized carbons (Fsp3) is 0.385. The summed E-state index contributed by atoms with van der Waals surface area (Å²) in [5.74, 6) is 2.26. The van der Waals surface area contributed by atoms with Gasteiger partial charge in [0, 0.05) is 19.4 Å². The highest BCUT2D eigenvalue weighted by Gasteiger charge is 2.49. The Labute approximate surface area is 208 Å². The van der Waals surface area contributed by atoms with E-state index in [0.29, 0.717) is 37.1 Å². The van der Waals surface area contributed by atoms with E-state index in [1.807, 2.05) is 0 Å². The Kier molecular flexibility index (Phi) is 6.88. The number of nitrogens with zero attached hydrogens (tertiary/aromatic N) is 1. The lowest BCUT2D eigenvalue weighted by atomic mass is 9.88. The minimum atomic E-state index is -4.99. The summed E-state index contributed by atoms with van der Waals surface area (Å²) in [7, 11) is 0. The molecular formula is C26H22F6N2O3. The van der Waals surface area contributed by atoms with E-state index in [2.05, 4.69) is 17.3 Å². The van der Waals surface area contributed by atoms with Gasteiger partial charge in [0.05, 0.1) is 11.1 Å². The van der Waals surface area contributed by atoms with Crippen LogP contribution in [0, 0.1) is 12.0 Å². The first-order valence-corrected chi connectivity index (χ1v) is 11.4. The first-order chi connectivity index (χ1) is 17.3. The van der Waals surface area contributed by atoms with E-state index in [0.717, 1.165) is 0 Å². The van der Waals surface area contributed by atoms with Crippen LogP contribution in [-0.2, 0) is 32.2 Å². The molecule has 2 aliphatic heterocycles. The van der Waals surface area contributed by atoms with Crippen LogP contribution in [0.5, 0.6) is 0 Å². The molecule has 2 aromatic carbocycles. The van der Waals surface area contributed by atoms with E-state index in [9.17, 15) is 35.9 Å². The van der Waals surface area contributed by atoms with Gasteiger partial charge in [0.25, 0.3) is 0 Å². The average Bonchev–Trinajstić information content (AvgIpc) is 3.41. The van der Waals surface area contributed by atoms with Crippen molar-refractivity contribution in [3.05, 3.63) is 70.8 Å². The lowest BCUT2D eigenvalue weighted by Gasteiger charge is -2.25. The molecule has 2 saturated heterocycles. The molecule has 0 aliphatic carbocycles. The number of hydrogen-bond acceptors (Lipinski definition) is 3. The van der Waals surface area contributed by atoms with E-state index in [1.165, 1.54) is 11.8 Å². The highest BCUT2D eigenvalue weighted by Crippen LogP contribution is 2.38. The number of carbonyl (C=O) groups excluding carboxylic acids is 2. The number of nitrogens with one attached hydrogen (secondary N) is 1. The Balaban J connectivity index is 1.64. The fourth-order valence-corrected chi connectivity index (χ4v) is 4.53. The van der Waals surface area contributed by atoms with Gasteiger partial charge in [-0.05, 0) is 48.6 Å². The molecule has 4 rings (SSSR count). The minimum absolute atomic E-state index is 0.0418. The molecular weight excluding hydrogens is 502 g/mol. The van der Waals surface area contributed by atoms with Gasteiger partial charge in [-0.3, -0.25) is 9.59 Å². The average molecular weight is 524 g/mol. The Bertz CT molecular complexity index is 1220. The van der Waals surface area contributed by atoms with Gasteiger partial charge in [0.15, 0.2) is 0 Å². The summed E-state index contributed by atoms with van der Waals surface area (Å²) in [5, 5.41) is 2.82. The van der Waals surface area contributed by atoms with Crippen molar-refractivity contribution in [1.82, 2.24) is 10.2 Å². The van der Waals surface area contributed by atoms with Gasteiger partial charge in [-0.15, -0.1) is 0 Å². The van der Waals surface area contributed by atoms with Crippen LogP contribution in [0.4, 0.5) is 26.3 Å². The molecule has 196 valence electrons. The first-order valence-electron chi connectivity index (χ1n) is 11.4. The second-order valence-electron chi connectivity index (χ2n) is 9.00. The van der Waals surface area contributed by atoms with E-state index in [1.54, 1.807) is 30.3 Å². The Morgan fingerprint density at radius 3 is 2.19 bits per heavy atom. The van der Waals surface area contributed by atoms with E-state index < -0.39 is 47.1 Å². The van der Waals surface area contributed by atoms with E-state index in [4.69, 9.17) is 4.74 Å². The number of alkyl halides is 6. The van der Waals surface area contributed by atoms with Crippen molar-refractivity contribution in [3.8, 4) is 12.0 Å². The second kappa shape index (κ2) is 9.65. The van der Waals surface area contributed by atoms with Crippen molar-refractivity contribution >= 4 is 11.8 Å². The highest BCUT2D eigenvalue weighted by molar-refractivity contribution is 5.91. The summed E-state index contributed by atoms with van der Waals surface area (Å²) in [6.07, 6.45) is -7.77. The predicted molar refractivity (Wildman–Crippen MR) is 119 cm³/mol. The SMILES string of the molecule is C[C@@H](OC#C[C@@]1(c2ccccc2)C[C@H](N2CCCC2=O)C(=O)N1)c1cc(C(F)(F)F)cc(C(F)(F)F)c1. The molecule has 11 heteroatoms. The number of carbonyl (C=O) groups is 2. The smallest absolute Gasteiger partial charge is 0.416 e. The molecule has 0 saturated carbocycles. The molecule has 3 atom stereocenters. The van der Waals surface area contributed by atoms with Crippen molar-refractivity contribution in [2.45, 2.75) is 56.2 Å². The molecule has 0 unspecified atom stereocenters. The molecule has 2 fully saturated rings. The van der Waals surface area contributed by atoms with Crippen LogP contribution >= 0.6 is 0 Å². The lowest BCUT2D eigenvalue weighted by Crippen LogP contribution is -2.41. The molecule has 2 amide bonds. The zero-order valence-electron chi connectivity index (χ0n) is 19.5. The molecule has 2 aliphatic rings. The normalized spacial score (nSPS) is 22.9. The Morgan fingerprint density at radius 2 is 1.65 bits per heavy atom. The minimum Gasteiger partial charge on any atom is -0.439 e. The number of ether oxygens (including phenoxy) is 1. The quantitative estimate of drug-likeness (QED) is 0.444. The predicted octanol–water partition coefficient (Wildman–Crippen LogP) is 5.17. The monoisotopic (exact) mass is 524 g/mol. The van der Waals surface area contributed by atoms with Crippen molar-refractivity contribution in [3.63, 3.8) is 0 Å². The molecule has 0 bridgehead atoms. The van der Waals surface area contributed by atoms with Crippen LogP contribution in [0.2, 0.25) is 0 Å². The van der Waals surface area contributed by atoms with Crippen LogP contribution in [0.25, 0.3) is 0 Å². The third kappa shape index (κ3) is 5.53. The third-order valence-electron chi connectivity index (χ3n) is 6.47. The van der Waals surface area contributed by atoms with Gasteiger partial charge in [0.2, 0.25) is 11.8 Å². The molecule has 2 aromatic rings. The molecule has 0 radical (unpaired) electrons. The zero-order chi connectivity index (χ0) is 27.0. The number of hydrogen-bond donors (Lipinski definition) is 1. The summed E-state index contributed by atoms with van der Waals surface area (Å²) in [4.78, 5) is 26.6. The van der Waals surface area contributed by atoms with Crippen molar-refractivity contribution in [2.24, 2.45) is 0 Å². The number of amides is 2. The van der Waals surface area contributed by atoms with Crippen LogP contribution in [0.1, 0.15) is 54.5 Å². The number of likely N-dealkylation sites (tertiary alicyclic amines) is 1. The Morgan fingerprint density at radius 1 is 1.03 bits per heavy atom. The van der Waals surface area contributed by atoms with Gasteiger partial charge in [0.1, 0.15) is 23.8 Å². The summed E-state index contributed by atoms with van der Waals surface area (Å²) in [6, 6.07) is 9.09. The largest absolute Gasteiger partial charge is 0.439 e. The first kappa shape index (κ1) is 26.4. The van der Waals surface area contributed by atoms with Crippen LogP contribution in [0.15, 0.2) is 48.5 Å². The molecule has 5 nitrogen and oxygen atoms in total. The second-order valence-corrected chi connectivity index (χ2v) is 9.00. The summed E-state index contributed by atoms with van der Waals surface area (Å²) >= 11 is 0. The Hall–Kier alpha value is -3.68. The standard InChI is InChI=1S/C26H22F6N2O3/c1-16(17-12-19(25(27,28)29)14-20(13-17)26(30,31)32)37-11-9-24(18-6-3-2-4-7-18)15-21(23(36)33-24)34-10-5-8-22(34)35/h2-4,6-7,12-14,16,21H,5,8,10,15H2,1H3,(H,33,36)/t16-,21+,24+/m1/s1. The molecule has 0 aromatic heterocycles. The van der Waals surface area contributed by atoms with Crippen molar-refractivity contribution in [2.75, 3.05) is 6.54 Å². The van der Waals surface area contributed by atoms with Crippen molar-refractivity contribution < 1.29 is 40.7 Å². The molecule has 2 heterocycles. The van der Waals surface area contributed by atoms with Crippen molar-refractivity contribution in [1.29, 1.82) is 0 Å². The topological polar surface area (TPSA) is 58.6 Å².